The SMILES string of the molecule is CC(C)c1cc2c([cH-]1)CCCC2.CC(C)c1cc2c([cH-]1)CCCC2.C[CH]=[Zr+2]. The molecule has 0 nitrogen and oxygen atoms in total. The first-order valence-corrected chi connectivity index (χ1v) is 12.4. The molecule has 0 spiro atoms. The summed E-state index contributed by atoms with van der Waals surface area (Å²) in [6, 6.07) is 9.66. The predicted octanol–water partition coefficient (Wildman–Crippen LogP) is 7.17. The van der Waals surface area contributed by atoms with Crippen molar-refractivity contribution in [2.75, 3.05) is 0 Å². The average Bonchev–Trinajstić information content (AvgIpc) is 3.27. The summed E-state index contributed by atoms with van der Waals surface area (Å²) in [6.45, 7) is 11.2. The fourth-order valence-corrected chi connectivity index (χ4v) is 4.12. The van der Waals surface area contributed by atoms with Gasteiger partial charge in [0.25, 0.3) is 0 Å². The molecule has 1 heteroatoms. The van der Waals surface area contributed by atoms with Crippen molar-refractivity contribution < 1.29 is 24.2 Å². The van der Waals surface area contributed by atoms with E-state index in [2.05, 4.69) is 55.7 Å². The molecule has 0 N–H and O–H groups in total. The van der Waals surface area contributed by atoms with Crippen LogP contribution in [0.25, 0.3) is 0 Å². The fourth-order valence-electron chi connectivity index (χ4n) is 4.12. The Balaban J connectivity index is 0.000000170. The molecule has 2 aliphatic rings. The molecular formula is C26H38Zr. The van der Waals surface area contributed by atoms with Crippen LogP contribution in [0.4, 0.5) is 0 Å². The number of aryl methyl sites for hydroxylation is 4. The molecule has 2 aliphatic carbocycles. The maximum atomic E-state index is 2.42. The van der Waals surface area contributed by atoms with Crippen LogP contribution in [-0.2, 0) is 49.9 Å². The zero-order valence-corrected chi connectivity index (χ0v) is 20.7. The summed E-state index contributed by atoms with van der Waals surface area (Å²) in [7, 11) is 0. The standard InChI is InChI=1S/2C12H17.C2H4.Zr/c2*1-9(2)12-7-10-5-3-4-6-11(10)8-12;1-2;/h2*7-9H,3-6H2,1-2H3;1H,2H3;/q2*-1;;+2. The first-order chi connectivity index (χ1) is 13.0. The molecule has 0 heterocycles. The van der Waals surface area contributed by atoms with Gasteiger partial charge in [-0.1, -0.05) is 79.1 Å². The Bertz CT molecular complexity index is 591. The minimum atomic E-state index is 0.704. The van der Waals surface area contributed by atoms with Crippen LogP contribution in [0, 0.1) is 0 Å². The number of hydrogen-bond acceptors (Lipinski definition) is 0. The Labute approximate surface area is 182 Å². The van der Waals surface area contributed by atoms with Crippen molar-refractivity contribution in [3.63, 3.8) is 0 Å². The Morgan fingerprint density at radius 2 is 1.07 bits per heavy atom. The molecule has 0 aromatic heterocycles. The van der Waals surface area contributed by atoms with E-state index >= 15 is 0 Å². The zero-order valence-electron chi connectivity index (χ0n) is 18.2. The molecule has 0 saturated carbocycles. The molecule has 4 rings (SSSR count). The summed E-state index contributed by atoms with van der Waals surface area (Å²) in [5.41, 5.74) is 9.61. The molecule has 2 aromatic rings. The van der Waals surface area contributed by atoms with E-state index in [0.717, 1.165) is 0 Å². The minimum absolute atomic E-state index is 0.704. The van der Waals surface area contributed by atoms with Gasteiger partial charge >= 0.3 is 34.9 Å². The molecule has 27 heavy (non-hydrogen) atoms. The van der Waals surface area contributed by atoms with E-state index in [4.69, 9.17) is 0 Å². The van der Waals surface area contributed by atoms with Crippen LogP contribution in [-0.4, -0.2) is 3.71 Å². The summed E-state index contributed by atoms with van der Waals surface area (Å²) in [4.78, 5) is 0. The Morgan fingerprint density at radius 3 is 1.37 bits per heavy atom. The summed E-state index contributed by atoms with van der Waals surface area (Å²) in [5, 5.41) is 0. The second-order valence-corrected chi connectivity index (χ2v) is 10.1. The van der Waals surface area contributed by atoms with Crippen molar-refractivity contribution in [3.8, 4) is 0 Å². The molecule has 0 radical (unpaired) electrons. The predicted molar refractivity (Wildman–Crippen MR) is 117 cm³/mol. The van der Waals surface area contributed by atoms with Crippen molar-refractivity contribution in [1.29, 1.82) is 0 Å². The molecule has 146 valence electrons. The van der Waals surface area contributed by atoms with Gasteiger partial charge in [0.15, 0.2) is 0 Å². The molecule has 2 aromatic carbocycles. The van der Waals surface area contributed by atoms with Gasteiger partial charge in [-0.05, 0) is 11.8 Å². The van der Waals surface area contributed by atoms with Gasteiger partial charge in [-0.15, -0.1) is 0 Å². The zero-order chi connectivity index (χ0) is 19.8. The van der Waals surface area contributed by atoms with E-state index in [0.29, 0.717) is 11.8 Å². The molecule has 0 aliphatic heterocycles. The normalized spacial score (nSPS) is 15.3. The van der Waals surface area contributed by atoms with Gasteiger partial charge in [0, 0.05) is 0 Å². The third kappa shape index (κ3) is 6.78. The van der Waals surface area contributed by atoms with Crippen molar-refractivity contribution in [2.45, 2.75) is 97.8 Å². The van der Waals surface area contributed by atoms with Crippen molar-refractivity contribution in [3.05, 3.63) is 57.6 Å². The third-order valence-corrected chi connectivity index (χ3v) is 5.81. The molecule has 0 fully saturated rings. The van der Waals surface area contributed by atoms with Crippen LogP contribution >= 0.6 is 0 Å². The van der Waals surface area contributed by atoms with Crippen molar-refractivity contribution >= 4 is 3.71 Å². The van der Waals surface area contributed by atoms with Crippen LogP contribution < -0.4 is 0 Å². The monoisotopic (exact) mass is 440 g/mol. The van der Waals surface area contributed by atoms with Gasteiger partial charge in [-0.2, -0.15) is 45.5 Å². The second kappa shape index (κ2) is 11.5. The van der Waals surface area contributed by atoms with Gasteiger partial charge in [0.05, 0.1) is 0 Å². The topological polar surface area (TPSA) is 0 Å². The molecule has 0 bridgehead atoms. The Hall–Kier alpha value is -0.547. The van der Waals surface area contributed by atoms with Gasteiger partial charge in [0.1, 0.15) is 0 Å². The molecule has 0 atom stereocenters. The van der Waals surface area contributed by atoms with Crippen LogP contribution in [0.2, 0.25) is 0 Å². The van der Waals surface area contributed by atoms with Gasteiger partial charge < -0.3 is 0 Å². The van der Waals surface area contributed by atoms with Crippen LogP contribution in [0.1, 0.15) is 106 Å². The van der Waals surface area contributed by atoms with Crippen LogP contribution in [0.15, 0.2) is 24.3 Å². The second-order valence-electron chi connectivity index (χ2n) is 8.69. The van der Waals surface area contributed by atoms with Crippen LogP contribution in [0.3, 0.4) is 0 Å². The van der Waals surface area contributed by atoms with E-state index < -0.39 is 0 Å². The van der Waals surface area contributed by atoms with Gasteiger partial charge in [-0.3, -0.25) is 0 Å². The van der Waals surface area contributed by atoms with E-state index in [-0.39, 0.29) is 0 Å². The van der Waals surface area contributed by atoms with E-state index in [1.165, 1.54) is 75.6 Å². The summed E-state index contributed by atoms with van der Waals surface area (Å²) in [6.07, 6.45) is 10.9. The van der Waals surface area contributed by atoms with Crippen molar-refractivity contribution in [1.82, 2.24) is 0 Å². The van der Waals surface area contributed by atoms with Crippen molar-refractivity contribution in [2.24, 2.45) is 0 Å². The maximum absolute atomic E-state index is 2.42. The van der Waals surface area contributed by atoms with E-state index in [1.807, 2.05) is 6.92 Å². The quantitative estimate of drug-likeness (QED) is 0.433. The van der Waals surface area contributed by atoms with Crippen LogP contribution in [0.5, 0.6) is 0 Å². The van der Waals surface area contributed by atoms with E-state index in [1.54, 1.807) is 33.4 Å². The Morgan fingerprint density at radius 1 is 0.741 bits per heavy atom. The fraction of sp³-hybridized carbons (Fsp3) is 0.577. The first kappa shape index (κ1) is 22.7. The van der Waals surface area contributed by atoms with Gasteiger partial charge in [-0.25, -0.2) is 12.1 Å². The Kier molecular flexibility index (Phi) is 9.65. The third-order valence-electron chi connectivity index (χ3n) is 5.81. The number of hydrogen-bond donors (Lipinski definition) is 0. The number of fused-ring (bicyclic) bond motifs is 2. The van der Waals surface area contributed by atoms with Gasteiger partial charge in [0.2, 0.25) is 0 Å². The van der Waals surface area contributed by atoms with E-state index in [9.17, 15) is 0 Å². The first-order valence-electron chi connectivity index (χ1n) is 11.0. The summed E-state index contributed by atoms with van der Waals surface area (Å²) in [5.74, 6) is 1.41. The molecule has 0 amide bonds. The molecule has 0 unspecified atom stereocenters. The molecule has 0 saturated heterocycles. The summed E-state index contributed by atoms with van der Waals surface area (Å²) >= 11 is 1.51. The molecular weight excluding hydrogens is 404 g/mol. The summed E-state index contributed by atoms with van der Waals surface area (Å²) < 4.78 is 2.09. The number of rotatable bonds is 2. The average molecular weight is 442 g/mol.